The molecule has 0 aliphatic heterocycles. The molecule has 82 valence electrons. The topological polar surface area (TPSA) is 29.3 Å². The lowest BCUT2D eigenvalue weighted by molar-refractivity contribution is 0.270. The number of hydrogen-bond acceptors (Lipinski definition) is 2. The Kier molecular flexibility index (Phi) is 6.30. The summed E-state index contributed by atoms with van der Waals surface area (Å²) in [5, 5.41) is 0. The maximum Gasteiger partial charge on any atom is 0.0377 e. The van der Waals surface area contributed by atoms with E-state index in [1.807, 2.05) is 6.92 Å². The molecule has 0 heterocycles. The van der Waals surface area contributed by atoms with Gasteiger partial charge in [0.15, 0.2) is 0 Å². The van der Waals surface area contributed by atoms with Crippen LogP contribution >= 0.6 is 0 Å². The first kappa shape index (κ1) is 13.2. The zero-order chi connectivity index (χ0) is 11.1. The highest BCUT2D eigenvalue weighted by Crippen LogP contribution is 2.06. The molecule has 0 aromatic carbocycles. The van der Waals surface area contributed by atoms with Crippen molar-refractivity contribution in [3.8, 4) is 0 Å². The summed E-state index contributed by atoms with van der Waals surface area (Å²) >= 11 is 0. The Morgan fingerprint density at radius 1 is 1.36 bits per heavy atom. The van der Waals surface area contributed by atoms with Crippen molar-refractivity contribution in [3.63, 3.8) is 0 Å². The number of nitrogens with zero attached hydrogens (tertiary/aromatic N) is 1. The zero-order valence-corrected chi connectivity index (χ0v) is 9.84. The van der Waals surface area contributed by atoms with Crippen molar-refractivity contribution in [2.45, 2.75) is 27.2 Å². The Bertz CT molecular complexity index is 180. The van der Waals surface area contributed by atoms with Gasteiger partial charge in [0, 0.05) is 25.3 Å². The minimum absolute atomic E-state index is 0.702. The van der Waals surface area contributed by atoms with Gasteiger partial charge in [0.25, 0.3) is 0 Å². The van der Waals surface area contributed by atoms with E-state index in [1.54, 1.807) is 0 Å². The van der Waals surface area contributed by atoms with E-state index in [9.17, 15) is 0 Å². The van der Waals surface area contributed by atoms with Crippen molar-refractivity contribution in [1.29, 1.82) is 0 Å². The summed E-state index contributed by atoms with van der Waals surface area (Å²) in [5.74, 6) is 0.702. The van der Waals surface area contributed by atoms with Gasteiger partial charge in [-0.05, 0) is 12.8 Å². The minimum Gasteiger partial charge on any atom is -0.401 e. The van der Waals surface area contributed by atoms with E-state index in [4.69, 9.17) is 5.73 Å². The van der Waals surface area contributed by atoms with E-state index in [2.05, 4.69) is 31.9 Å². The molecular weight excluding hydrogens is 172 g/mol. The minimum atomic E-state index is 0.702. The van der Waals surface area contributed by atoms with Crippen LogP contribution in [0.5, 0.6) is 0 Å². The van der Waals surface area contributed by atoms with E-state index in [-0.39, 0.29) is 0 Å². The predicted molar refractivity (Wildman–Crippen MR) is 64.0 cm³/mol. The van der Waals surface area contributed by atoms with Crippen LogP contribution in [-0.2, 0) is 0 Å². The normalized spacial score (nSPS) is 12.9. The van der Waals surface area contributed by atoms with Gasteiger partial charge in [0.2, 0.25) is 0 Å². The van der Waals surface area contributed by atoms with E-state index in [1.165, 1.54) is 12.0 Å². The molecule has 0 rings (SSSR count). The van der Waals surface area contributed by atoms with Crippen molar-refractivity contribution in [2.75, 3.05) is 19.6 Å². The Hall–Kier alpha value is -0.760. The van der Waals surface area contributed by atoms with E-state index >= 15 is 0 Å². The van der Waals surface area contributed by atoms with Crippen molar-refractivity contribution in [3.05, 3.63) is 24.4 Å². The summed E-state index contributed by atoms with van der Waals surface area (Å²) in [4.78, 5) is 2.30. The molecule has 0 aromatic rings. The highest BCUT2D eigenvalue weighted by Gasteiger charge is 2.09. The second-order valence-corrected chi connectivity index (χ2v) is 4.30. The van der Waals surface area contributed by atoms with Crippen molar-refractivity contribution in [1.82, 2.24) is 4.90 Å². The van der Waals surface area contributed by atoms with Crippen LogP contribution in [0.25, 0.3) is 0 Å². The molecular formula is C12H24N2. The van der Waals surface area contributed by atoms with E-state index in [0.29, 0.717) is 5.92 Å². The molecule has 14 heavy (non-hydrogen) atoms. The van der Waals surface area contributed by atoms with Crippen LogP contribution in [0, 0.1) is 5.92 Å². The van der Waals surface area contributed by atoms with Crippen molar-refractivity contribution < 1.29 is 0 Å². The van der Waals surface area contributed by atoms with Crippen LogP contribution in [0.3, 0.4) is 0 Å². The van der Waals surface area contributed by atoms with Gasteiger partial charge in [0.05, 0.1) is 0 Å². The average molecular weight is 196 g/mol. The highest BCUT2D eigenvalue weighted by atomic mass is 15.1. The first-order chi connectivity index (χ1) is 6.45. The predicted octanol–water partition coefficient (Wildman–Crippen LogP) is 2.38. The van der Waals surface area contributed by atoms with Gasteiger partial charge in [-0.25, -0.2) is 0 Å². The van der Waals surface area contributed by atoms with Crippen LogP contribution in [0.4, 0.5) is 0 Å². The molecule has 0 aromatic heterocycles. The molecule has 0 saturated carbocycles. The molecule has 0 fully saturated rings. The molecule has 0 spiro atoms. The smallest absolute Gasteiger partial charge is 0.0377 e. The van der Waals surface area contributed by atoms with Crippen LogP contribution in [0.2, 0.25) is 0 Å². The largest absolute Gasteiger partial charge is 0.401 e. The standard InChI is InChI=1S/C12H24N2/c1-6-11(4)8-14(7-10(2)3)9-12(5)13/h11H,2,5-9,13H2,1,3-4H3. The Morgan fingerprint density at radius 3 is 2.29 bits per heavy atom. The molecule has 0 bridgehead atoms. The monoisotopic (exact) mass is 196 g/mol. The number of rotatable bonds is 7. The first-order valence-corrected chi connectivity index (χ1v) is 5.25. The molecule has 0 radical (unpaired) electrons. The van der Waals surface area contributed by atoms with Gasteiger partial charge in [-0.3, -0.25) is 4.90 Å². The van der Waals surface area contributed by atoms with Gasteiger partial charge in [-0.1, -0.05) is 39.0 Å². The van der Waals surface area contributed by atoms with Gasteiger partial charge >= 0.3 is 0 Å². The molecule has 2 N–H and O–H groups in total. The van der Waals surface area contributed by atoms with Gasteiger partial charge in [0.1, 0.15) is 0 Å². The third-order valence-electron chi connectivity index (χ3n) is 2.19. The van der Waals surface area contributed by atoms with Crippen LogP contribution in [-0.4, -0.2) is 24.5 Å². The highest BCUT2D eigenvalue weighted by molar-refractivity contribution is 4.97. The summed E-state index contributed by atoms with van der Waals surface area (Å²) < 4.78 is 0. The van der Waals surface area contributed by atoms with Crippen LogP contribution in [0.1, 0.15) is 27.2 Å². The van der Waals surface area contributed by atoms with E-state index in [0.717, 1.165) is 25.3 Å². The Labute approximate surface area is 88.5 Å². The fourth-order valence-electron chi connectivity index (χ4n) is 1.42. The van der Waals surface area contributed by atoms with Crippen LogP contribution < -0.4 is 5.73 Å². The summed E-state index contributed by atoms with van der Waals surface area (Å²) in [7, 11) is 0. The number of nitrogens with two attached hydrogens (primary N) is 1. The molecule has 0 saturated heterocycles. The molecule has 1 atom stereocenters. The lowest BCUT2D eigenvalue weighted by Crippen LogP contribution is -2.33. The third-order valence-corrected chi connectivity index (χ3v) is 2.19. The lowest BCUT2D eigenvalue weighted by atomic mass is 10.1. The van der Waals surface area contributed by atoms with E-state index < -0.39 is 0 Å². The summed E-state index contributed by atoms with van der Waals surface area (Å²) in [5.41, 5.74) is 7.53. The summed E-state index contributed by atoms with van der Waals surface area (Å²) in [6, 6.07) is 0. The average Bonchev–Trinajstić information content (AvgIpc) is 2.01. The van der Waals surface area contributed by atoms with Crippen molar-refractivity contribution in [2.24, 2.45) is 11.7 Å². The molecule has 0 aliphatic rings. The van der Waals surface area contributed by atoms with Gasteiger partial charge in [-0.2, -0.15) is 0 Å². The SMILES string of the molecule is C=C(C)CN(CC(=C)N)CC(C)CC. The van der Waals surface area contributed by atoms with Crippen molar-refractivity contribution >= 4 is 0 Å². The maximum atomic E-state index is 5.62. The maximum absolute atomic E-state index is 5.62. The fourth-order valence-corrected chi connectivity index (χ4v) is 1.42. The Morgan fingerprint density at radius 2 is 1.93 bits per heavy atom. The first-order valence-electron chi connectivity index (χ1n) is 5.25. The third kappa shape index (κ3) is 6.72. The Balaban J connectivity index is 4.09. The van der Waals surface area contributed by atoms with Gasteiger partial charge in [-0.15, -0.1) is 0 Å². The zero-order valence-electron chi connectivity index (χ0n) is 9.84. The van der Waals surface area contributed by atoms with Crippen LogP contribution in [0.15, 0.2) is 24.4 Å². The second-order valence-electron chi connectivity index (χ2n) is 4.30. The molecule has 1 unspecified atom stereocenters. The summed E-state index contributed by atoms with van der Waals surface area (Å²) in [6.45, 7) is 16.9. The van der Waals surface area contributed by atoms with Gasteiger partial charge < -0.3 is 5.73 Å². The molecule has 2 nitrogen and oxygen atoms in total. The molecule has 2 heteroatoms. The molecule has 0 aliphatic carbocycles. The second kappa shape index (κ2) is 6.66. The lowest BCUT2D eigenvalue weighted by Gasteiger charge is -2.25. The molecule has 0 amide bonds. The fraction of sp³-hybridized carbons (Fsp3) is 0.667. The number of hydrogen-bond donors (Lipinski definition) is 1. The summed E-state index contributed by atoms with van der Waals surface area (Å²) in [6.07, 6.45) is 1.20. The quantitative estimate of drug-likeness (QED) is 0.633.